The van der Waals surface area contributed by atoms with Crippen molar-refractivity contribution < 1.29 is 23.8 Å². The van der Waals surface area contributed by atoms with Gasteiger partial charge in [-0.3, -0.25) is 9.69 Å². The van der Waals surface area contributed by atoms with Crippen LogP contribution in [0.4, 0.5) is 10.2 Å². The molecule has 0 spiro atoms. The zero-order valence-electron chi connectivity index (χ0n) is 21.5. The Morgan fingerprint density at radius 3 is 3.00 bits per heavy atom. The molecule has 2 atom stereocenters. The maximum Gasteiger partial charge on any atom is 0.304 e. The highest BCUT2D eigenvalue weighted by Gasteiger charge is 2.39. The van der Waals surface area contributed by atoms with Gasteiger partial charge in [0.05, 0.1) is 19.6 Å². The number of pyridine rings is 1. The zero-order chi connectivity index (χ0) is 25.7. The second-order valence-electron chi connectivity index (χ2n) is 10.8. The maximum atomic E-state index is 15.8. The number of carbonyl (C=O) groups is 1. The van der Waals surface area contributed by atoms with E-state index in [0.29, 0.717) is 52.1 Å². The number of aromatic nitrogens is 1. The van der Waals surface area contributed by atoms with Crippen molar-refractivity contribution in [1.82, 2.24) is 9.88 Å². The van der Waals surface area contributed by atoms with Crippen LogP contribution in [0.3, 0.4) is 0 Å². The highest BCUT2D eigenvalue weighted by atomic mass is 19.1. The van der Waals surface area contributed by atoms with E-state index in [-0.39, 0.29) is 18.4 Å². The van der Waals surface area contributed by atoms with Crippen molar-refractivity contribution in [1.29, 1.82) is 0 Å². The average Bonchev–Trinajstić information content (AvgIpc) is 3.28. The summed E-state index contributed by atoms with van der Waals surface area (Å²) >= 11 is 0. The normalized spacial score (nSPS) is 23.3. The largest absolute Gasteiger partial charge is 0.490 e. The Kier molecular flexibility index (Phi) is 8.25. The van der Waals surface area contributed by atoms with E-state index in [0.717, 1.165) is 55.1 Å². The van der Waals surface area contributed by atoms with E-state index in [1.807, 2.05) is 30.3 Å². The molecule has 1 aromatic heterocycles. The van der Waals surface area contributed by atoms with Gasteiger partial charge in [-0.2, -0.15) is 0 Å². The topological polar surface area (TPSA) is 83.9 Å². The van der Waals surface area contributed by atoms with Crippen LogP contribution < -0.4 is 10.1 Å². The summed E-state index contributed by atoms with van der Waals surface area (Å²) in [5.41, 5.74) is 1.80. The van der Waals surface area contributed by atoms with E-state index < -0.39 is 11.6 Å². The molecule has 4 heterocycles. The van der Waals surface area contributed by atoms with Crippen molar-refractivity contribution >= 4 is 11.8 Å². The molecule has 0 saturated carbocycles. The van der Waals surface area contributed by atoms with E-state index >= 15 is 4.39 Å². The number of halogens is 1. The molecule has 200 valence electrons. The van der Waals surface area contributed by atoms with E-state index in [2.05, 4.69) is 16.3 Å². The van der Waals surface area contributed by atoms with Crippen LogP contribution in [0.2, 0.25) is 0 Å². The van der Waals surface area contributed by atoms with Crippen LogP contribution in [-0.4, -0.2) is 72.1 Å². The number of aliphatic carboxylic acids is 1. The monoisotopic (exact) mass is 511 g/mol. The van der Waals surface area contributed by atoms with Gasteiger partial charge in [0.2, 0.25) is 0 Å². The number of aryl methyl sites for hydroxylation is 2. The van der Waals surface area contributed by atoms with Crippen LogP contribution in [0.5, 0.6) is 5.75 Å². The molecular formula is C29H38FN3O4. The minimum absolute atomic E-state index is 0.00253. The Bertz CT molecular complexity index is 1080. The number of hydrogen-bond acceptors (Lipinski definition) is 6. The van der Waals surface area contributed by atoms with E-state index in [9.17, 15) is 9.90 Å². The fourth-order valence-corrected chi connectivity index (χ4v) is 5.78. The smallest absolute Gasteiger partial charge is 0.304 e. The molecule has 8 heteroatoms. The molecule has 0 amide bonds. The molecule has 5 rings (SSSR count). The first-order valence-electron chi connectivity index (χ1n) is 13.7. The minimum Gasteiger partial charge on any atom is -0.490 e. The molecule has 1 aromatic carbocycles. The lowest BCUT2D eigenvalue weighted by atomic mass is 9.94. The van der Waals surface area contributed by atoms with E-state index in [1.54, 1.807) is 0 Å². The summed E-state index contributed by atoms with van der Waals surface area (Å²) in [5, 5.41) is 12.9. The number of fused-ring (bicyclic) bond motifs is 1. The first-order chi connectivity index (χ1) is 18.0. The van der Waals surface area contributed by atoms with Crippen LogP contribution in [0.1, 0.15) is 61.3 Å². The number of ether oxygens (including phenoxy) is 2. The Morgan fingerprint density at radius 1 is 1.30 bits per heavy atom. The van der Waals surface area contributed by atoms with Gasteiger partial charge in [0.25, 0.3) is 0 Å². The van der Waals surface area contributed by atoms with Crippen LogP contribution in [0.25, 0.3) is 0 Å². The minimum atomic E-state index is -1.28. The van der Waals surface area contributed by atoms with Crippen LogP contribution in [0.15, 0.2) is 36.4 Å². The summed E-state index contributed by atoms with van der Waals surface area (Å²) in [7, 11) is 0. The molecule has 2 fully saturated rings. The van der Waals surface area contributed by atoms with Gasteiger partial charge in [-0.1, -0.05) is 18.2 Å². The maximum absolute atomic E-state index is 15.8. The van der Waals surface area contributed by atoms with Crippen LogP contribution in [0, 0.1) is 0 Å². The number of hydrogen-bond donors (Lipinski definition) is 2. The number of alkyl halides is 1. The Balaban J connectivity index is 1.19. The molecule has 3 aliphatic heterocycles. The SMILES string of the molecule is O=C(O)CC(CN1CCC(F)(CCc2ccc3c(n2)NCCC3)C1)c1cccc(OC2CCOCC2)c1. The van der Waals surface area contributed by atoms with Crippen LogP contribution >= 0.6 is 0 Å². The van der Waals surface area contributed by atoms with Gasteiger partial charge in [0.15, 0.2) is 0 Å². The summed E-state index contributed by atoms with van der Waals surface area (Å²) in [6.45, 7) is 3.80. The highest BCUT2D eigenvalue weighted by molar-refractivity contribution is 5.68. The Labute approximate surface area is 218 Å². The van der Waals surface area contributed by atoms with Gasteiger partial charge in [-0.05, 0) is 61.4 Å². The van der Waals surface area contributed by atoms with E-state index in [1.165, 1.54) is 5.56 Å². The lowest BCUT2D eigenvalue weighted by molar-refractivity contribution is -0.137. The lowest BCUT2D eigenvalue weighted by Gasteiger charge is -2.26. The van der Waals surface area contributed by atoms with Crippen LogP contribution in [-0.2, 0) is 22.4 Å². The quantitative estimate of drug-likeness (QED) is 0.482. The number of nitrogens with zero attached hydrogens (tertiary/aromatic N) is 2. The molecule has 0 bridgehead atoms. The molecule has 0 aliphatic carbocycles. The predicted molar refractivity (Wildman–Crippen MR) is 140 cm³/mol. The van der Waals surface area contributed by atoms with Gasteiger partial charge in [0.1, 0.15) is 23.3 Å². The fourth-order valence-electron chi connectivity index (χ4n) is 5.78. The third-order valence-corrected chi connectivity index (χ3v) is 7.86. The van der Waals surface area contributed by atoms with Crippen molar-refractivity contribution in [3.05, 3.63) is 53.2 Å². The Morgan fingerprint density at radius 2 is 2.16 bits per heavy atom. The molecule has 2 N–H and O–H groups in total. The van der Waals surface area contributed by atoms with Crippen molar-refractivity contribution in [2.75, 3.05) is 44.7 Å². The predicted octanol–water partition coefficient (Wildman–Crippen LogP) is 4.60. The van der Waals surface area contributed by atoms with Crippen molar-refractivity contribution in [2.45, 2.75) is 69.1 Å². The number of carboxylic acids is 1. The van der Waals surface area contributed by atoms with Gasteiger partial charge < -0.3 is 19.9 Å². The summed E-state index contributed by atoms with van der Waals surface area (Å²) in [4.78, 5) is 18.5. The van der Waals surface area contributed by atoms with Gasteiger partial charge in [0, 0.05) is 50.6 Å². The number of anilines is 1. The number of nitrogens with one attached hydrogen (secondary N) is 1. The number of benzene rings is 1. The third-order valence-electron chi connectivity index (χ3n) is 7.86. The molecule has 0 radical (unpaired) electrons. The summed E-state index contributed by atoms with van der Waals surface area (Å²) in [5.74, 6) is 0.627. The lowest BCUT2D eigenvalue weighted by Crippen LogP contribution is -2.33. The van der Waals surface area contributed by atoms with Crippen molar-refractivity contribution in [2.24, 2.45) is 0 Å². The summed E-state index contributed by atoms with van der Waals surface area (Å²) < 4.78 is 27.4. The van der Waals surface area contributed by atoms with Gasteiger partial charge in [-0.25, -0.2) is 9.37 Å². The standard InChI is InChI=1S/C29H38FN3O4/c30-29(11-8-24-7-6-21-4-2-13-31-28(21)32-24)12-14-33(20-29)19-23(18-27(34)35)22-3-1-5-26(17-22)37-25-9-15-36-16-10-25/h1,3,5-7,17,23,25H,2,4,8-16,18-20H2,(H,31,32)(H,34,35). The molecular weight excluding hydrogens is 473 g/mol. The second-order valence-corrected chi connectivity index (χ2v) is 10.8. The summed E-state index contributed by atoms with van der Waals surface area (Å²) in [6.07, 6.45) is 5.47. The first-order valence-corrected chi connectivity index (χ1v) is 13.7. The fraction of sp³-hybridized carbons (Fsp3) is 0.586. The molecule has 37 heavy (non-hydrogen) atoms. The summed E-state index contributed by atoms with van der Waals surface area (Å²) in [6, 6.07) is 11.9. The average molecular weight is 512 g/mol. The van der Waals surface area contributed by atoms with Gasteiger partial charge in [-0.15, -0.1) is 0 Å². The van der Waals surface area contributed by atoms with Gasteiger partial charge >= 0.3 is 5.97 Å². The molecule has 2 saturated heterocycles. The molecule has 2 aromatic rings. The third kappa shape index (κ3) is 6.99. The highest BCUT2D eigenvalue weighted by Crippen LogP contribution is 2.34. The first kappa shape index (κ1) is 25.9. The zero-order valence-corrected chi connectivity index (χ0v) is 21.5. The number of likely N-dealkylation sites (tertiary alicyclic amines) is 1. The second kappa shape index (κ2) is 11.8. The van der Waals surface area contributed by atoms with E-state index in [4.69, 9.17) is 14.5 Å². The van der Waals surface area contributed by atoms with Crippen molar-refractivity contribution in [3.63, 3.8) is 0 Å². The molecule has 7 nitrogen and oxygen atoms in total. The number of carboxylic acid groups (broad SMARTS) is 1. The molecule has 3 aliphatic rings. The molecule has 2 unspecified atom stereocenters. The van der Waals surface area contributed by atoms with Crippen molar-refractivity contribution in [3.8, 4) is 5.75 Å². The Hall–Kier alpha value is -2.71. The number of rotatable bonds is 10.